The summed E-state index contributed by atoms with van der Waals surface area (Å²) in [6.45, 7) is 1.06. The van der Waals surface area contributed by atoms with Crippen molar-refractivity contribution in [1.29, 1.82) is 0 Å². The molecular weight excluding hydrogens is 274 g/mol. The second kappa shape index (κ2) is 7.50. The molecule has 20 heavy (non-hydrogen) atoms. The number of aromatic nitrogens is 1. The van der Waals surface area contributed by atoms with Crippen molar-refractivity contribution in [2.45, 2.75) is 13.0 Å². The predicted octanol–water partition coefficient (Wildman–Crippen LogP) is 2.78. The van der Waals surface area contributed by atoms with Crippen LogP contribution in [-0.2, 0) is 13.0 Å². The van der Waals surface area contributed by atoms with E-state index in [4.69, 9.17) is 11.6 Å². The molecule has 2 aromatic rings. The number of pyridine rings is 1. The highest BCUT2D eigenvalue weighted by Crippen LogP contribution is 2.09. The molecule has 0 radical (unpaired) electrons. The zero-order valence-electron chi connectivity index (χ0n) is 11.0. The van der Waals surface area contributed by atoms with Gasteiger partial charge < -0.3 is 10.6 Å². The van der Waals surface area contributed by atoms with Gasteiger partial charge in [0.25, 0.3) is 0 Å². The lowest BCUT2D eigenvalue weighted by Crippen LogP contribution is -2.36. The third kappa shape index (κ3) is 4.90. The molecule has 104 valence electrons. The van der Waals surface area contributed by atoms with Gasteiger partial charge in [0.1, 0.15) is 0 Å². The van der Waals surface area contributed by atoms with Crippen molar-refractivity contribution < 1.29 is 4.79 Å². The van der Waals surface area contributed by atoms with Gasteiger partial charge in [0.15, 0.2) is 0 Å². The maximum absolute atomic E-state index is 11.6. The zero-order valence-corrected chi connectivity index (χ0v) is 11.7. The zero-order chi connectivity index (χ0) is 14.2. The van der Waals surface area contributed by atoms with E-state index in [1.54, 1.807) is 12.4 Å². The number of amides is 2. The van der Waals surface area contributed by atoms with Gasteiger partial charge in [0.05, 0.1) is 0 Å². The van der Waals surface area contributed by atoms with Crippen LogP contribution in [0.15, 0.2) is 48.8 Å². The smallest absolute Gasteiger partial charge is 0.315 e. The summed E-state index contributed by atoms with van der Waals surface area (Å²) in [4.78, 5) is 15.6. The number of halogens is 1. The van der Waals surface area contributed by atoms with Crippen molar-refractivity contribution in [1.82, 2.24) is 15.6 Å². The molecule has 0 spiro atoms. The first-order valence-corrected chi connectivity index (χ1v) is 6.77. The molecule has 0 atom stereocenters. The molecule has 0 aliphatic carbocycles. The third-order valence-corrected chi connectivity index (χ3v) is 3.04. The number of rotatable bonds is 5. The molecule has 2 rings (SSSR count). The second-order valence-electron chi connectivity index (χ2n) is 4.35. The molecule has 0 bridgehead atoms. The second-order valence-corrected chi connectivity index (χ2v) is 4.78. The highest BCUT2D eigenvalue weighted by molar-refractivity contribution is 6.30. The number of benzene rings is 1. The predicted molar refractivity (Wildman–Crippen MR) is 79.6 cm³/mol. The van der Waals surface area contributed by atoms with E-state index in [2.05, 4.69) is 15.6 Å². The van der Waals surface area contributed by atoms with Gasteiger partial charge in [-0.05, 0) is 35.7 Å². The molecule has 1 aromatic carbocycles. The summed E-state index contributed by atoms with van der Waals surface area (Å²) in [6, 6.07) is 11.2. The highest BCUT2D eigenvalue weighted by Gasteiger charge is 2.00. The van der Waals surface area contributed by atoms with Crippen molar-refractivity contribution in [3.8, 4) is 0 Å². The van der Waals surface area contributed by atoms with E-state index in [1.807, 2.05) is 36.4 Å². The Bertz CT molecular complexity index is 543. The quantitative estimate of drug-likeness (QED) is 0.889. The minimum atomic E-state index is -0.178. The number of urea groups is 1. The van der Waals surface area contributed by atoms with Crippen molar-refractivity contribution in [2.24, 2.45) is 0 Å². The SMILES string of the molecule is O=C(NCCc1ccc(Cl)cc1)NCc1cccnc1. The Balaban J connectivity index is 1.66. The summed E-state index contributed by atoms with van der Waals surface area (Å²) in [5.41, 5.74) is 2.11. The summed E-state index contributed by atoms with van der Waals surface area (Å²) < 4.78 is 0. The molecule has 0 fully saturated rings. The molecule has 0 saturated carbocycles. The summed E-state index contributed by atoms with van der Waals surface area (Å²) in [5.74, 6) is 0. The first kappa shape index (κ1) is 14.3. The van der Waals surface area contributed by atoms with E-state index < -0.39 is 0 Å². The first-order valence-electron chi connectivity index (χ1n) is 6.39. The van der Waals surface area contributed by atoms with E-state index >= 15 is 0 Å². The lowest BCUT2D eigenvalue weighted by molar-refractivity contribution is 0.240. The van der Waals surface area contributed by atoms with Crippen LogP contribution in [0, 0.1) is 0 Å². The fourth-order valence-electron chi connectivity index (χ4n) is 1.72. The van der Waals surface area contributed by atoms with Gasteiger partial charge in [0.2, 0.25) is 0 Å². The van der Waals surface area contributed by atoms with E-state index in [-0.39, 0.29) is 6.03 Å². The summed E-state index contributed by atoms with van der Waals surface area (Å²) >= 11 is 5.81. The summed E-state index contributed by atoms with van der Waals surface area (Å²) in [6.07, 6.45) is 4.21. The van der Waals surface area contributed by atoms with Gasteiger partial charge in [-0.1, -0.05) is 29.8 Å². The van der Waals surface area contributed by atoms with Crippen molar-refractivity contribution in [3.63, 3.8) is 0 Å². The maximum atomic E-state index is 11.6. The van der Waals surface area contributed by atoms with Crippen LogP contribution in [0.25, 0.3) is 0 Å². The molecule has 2 N–H and O–H groups in total. The Labute approximate surface area is 123 Å². The van der Waals surface area contributed by atoms with Crippen LogP contribution in [0.2, 0.25) is 5.02 Å². The van der Waals surface area contributed by atoms with Gasteiger partial charge in [-0.15, -0.1) is 0 Å². The first-order chi connectivity index (χ1) is 9.74. The van der Waals surface area contributed by atoms with Gasteiger partial charge in [-0.3, -0.25) is 4.98 Å². The lowest BCUT2D eigenvalue weighted by Gasteiger charge is -2.07. The van der Waals surface area contributed by atoms with Gasteiger partial charge in [-0.2, -0.15) is 0 Å². The molecule has 4 nitrogen and oxygen atoms in total. The van der Waals surface area contributed by atoms with Crippen LogP contribution in [-0.4, -0.2) is 17.6 Å². The lowest BCUT2D eigenvalue weighted by atomic mass is 10.1. The average Bonchev–Trinajstić information content (AvgIpc) is 2.48. The van der Waals surface area contributed by atoms with Crippen LogP contribution in [0.3, 0.4) is 0 Å². The van der Waals surface area contributed by atoms with Crippen LogP contribution < -0.4 is 10.6 Å². The average molecular weight is 290 g/mol. The molecule has 0 unspecified atom stereocenters. The molecule has 1 aromatic heterocycles. The number of carbonyl (C=O) groups is 1. The molecule has 0 aliphatic heterocycles. The third-order valence-electron chi connectivity index (χ3n) is 2.79. The van der Waals surface area contributed by atoms with Crippen molar-refractivity contribution in [3.05, 3.63) is 64.9 Å². The van der Waals surface area contributed by atoms with Crippen LogP contribution >= 0.6 is 11.6 Å². The fraction of sp³-hybridized carbons (Fsp3) is 0.200. The van der Waals surface area contributed by atoms with Crippen molar-refractivity contribution >= 4 is 17.6 Å². The Morgan fingerprint density at radius 2 is 1.90 bits per heavy atom. The Kier molecular flexibility index (Phi) is 5.38. The van der Waals surface area contributed by atoms with E-state index in [0.29, 0.717) is 13.1 Å². The molecule has 5 heteroatoms. The molecule has 0 aliphatic rings. The van der Waals surface area contributed by atoms with E-state index in [1.165, 1.54) is 0 Å². The standard InChI is InChI=1S/C15H16ClN3O/c16-14-5-3-12(4-6-14)7-9-18-15(20)19-11-13-2-1-8-17-10-13/h1-6,8,10H,7,9,11H2,(H2,18,19,20). The van der Waals surface area contributed by atoms with Gasteiger partial charge in [0, 0.05) is 30.5 Å². The molecular formula is C15H16ClN3O. The molecule has 1 heterocycles. The van der Waals surface area contributed by atoms with E-state index in [0.717, 1.165) is 22.6 Å². The van der Waals surface area contributed by atoms with Crippen LogP contribution in [0.1, 0.15) is 11.1 Å². The van der Waals surface area contributed by atoms with Crippen molar-refractivity contribution in [2.75, 3.05) is 6.54 Å². The summed E-state index contributed by atoms with van der Waals surface area (Å²) in [5, 5.41) is 6.31. The minimum absolute atomic E-state index is 0.178. The monoisotopic (exact) mass is 289 g/mol. The van der Waals surface area contributed by atoms with Crippen LogP contribution in [0.5, 0.6) is 0 Å². The molecule has 2 amide bonds. The number of nitrogens with zero attached hydrogens (tertiary/aromatic N) is 1. The van der Waals surface area contributed by atoms with Gasteiger partial charge in [-0.25, -0.2) is 4.79 Å². The van der Waals surface area contributed by atoms with Crippen LogP contribution in [0.4, 0.5) is 4.79 Å². The van der Waals surface area contributed by atoms with E-state index in [9.17, 15) is 4.79 Å². The highest BCUT2D eigenvalue weighted by atomic mass is 35.5. The Morgan fingerprint density at radius 1 is 1.10 bits per heavy atom. The number of hydrogen-bond donors (Lipinski definition) is 2. The molecule has 0 saturated heterocycles. The topological polar surface area (TPSA) is 54.0 Å². The maximum Gasteiger partial charge on any atom is 0.315 e. The largest absolute Gasteiger partial charge is 0.338 e. The normalized spacial score (nSPS) is 10.1. The fourth-order valence-corrected chi connectivity index (χ4v) is 1.84. The Hall–Kier alpha value is -2.07. The van der Waals surface area contributed by atoms with Gasteiger partial charge >= 0.3 is 6.03 Å². The minimum Gasteiger partial charge on any atom is -0.338 e. The number of nitrogens with one attached hydrogen (secondary N) is 2. The Morgan fingerprint density at radius 3 is 2.60 bits per heavy atom. The summed E-state index contributed by atoms with van der Waals surface area (Å²) in [7, 11) is 0. The number of hydrogen-bond acceptors (Lipinski definition) is 2. The number of carbonyl (C=O) groups excluding carboxylic acids is 1.